The van der Waals surface area contributed by atoms with Gasteiger partial charge in [-0.25, -0.2) is 9.97 Å². The molecule has 1 aromatic carbocycles. The Labute approximate surface area is 210 Å². The zero-order valence-corrected chi connectivity index (χ0v) is 21.0. The van der Waals surface area contributed by atoms with Crippen molar-refractivity contribution in [1.29, 1.82) is 0 Å². The average molecular weight is 485 g/mol. The first kappa shape index (κ1) is 23.8. The molecule has 0 bridgehead atoms. The molecule has 0 radical (unpaired) electrons. The Hall–Kier alpha value is -3.94. The lowest BCUT2D eigenvalue weighted by Crippen LogP contribution is -2.31. The standard InChI is InChI=1S/C28H32N6O2/c1-28(2,3)16-33-14-6-9-21(27(33)36)26(35)32-19-12-10-18(11-13-19)22-15-34(20-7-4-5-8-20)25-23(22)24(29)30-17-31-25/h6,9-15,17,20H,4-5,7-8,16H2,1-3H3,(H,32,35)(H2,29,30,31). The number of benzene rings is 1. The van der Waals surface area contributed by atoms with E-state index >= 15 is 0 Å². The van der Waals surface area contributed by atoms with Crippen molar-refractivity contribution < 1.29 is 4.79 Å². The molecule has 8 nitrogen and oxygen atoms in total. The number of rotatable bonds is 5. The topological polar surface area (TPSA) is 108 Å². The van der Waals surface area contributed by atoms with Crippen molar-refractivity contribution in [2.45, 2.75) is 59.0 Å². The van der Waals surface area contributed by atoms with Crippen LogP contribution in [0.15, 0.2) is 59.9 Å². The Morgan fingerprint density at radius 2 is 1.83 bits per heavy atom. The zero-order chi connectivity index (χ0) is 25.4. The molecule has 1 saturated carbocycles. The summed E-state index contributed by atoms with van der Waals surface area (Å²) in [6.07, 6.45) is 10.1. The maximum absolute atomic E-state index is 12.9. The van der Waals surface area contributed by atoms with Gasteiger partial charge in [0.05, 0.1) is 5.39 Å². The van der Waals surface area contributed by atoms with Gasteiger partial charge in [0, 0.05) is 36.2 Å². The first-order chi connectivity index (χ1) is 17.2. The molecule has 0 aliphatic heterocycles. The van der Waals surface area contributed by atoms with E-state index < -0.39 is 5.91 Å². The molecular weight excluding hydrogens is 452 g/mol. The summed E-state index contributed by atoms with van der Waals surface area (Å²) in [5.41, 5.74) is 9.43. The number of anilines is 2. The van der Waals surface area contributed by atoms with Crippen molar-refractivity contribution in [3.05, 3.63) is 71.0 Å². The van der Waals surface area contributed by atoms with Crippen LogP contribution in [0, 0.1) is 5.41 Å². The Morgan fingerprint density at radius 1 is 1.11 bits per heavy atom. The van der Waals surface area contributed by atoms with Gasteiger partial charge in [0.1, 0.15) is 23.4 Å². The molecule has 0 unspecified atom stereocenters. The summed E-state index contributed by atoms with van der Waals surface area (Å²) in [7, 11) is 0. The molecule has 3 N–H and O–H groups in total. The molecule has 0 spiro atoms. The number of aromatic nitrogens is 4. The fourth-order valence-electron chi connectivity index (χ4n) is 5.06. The fourth-order valence-corrected chi connectivity index (χ4v) is 5.06. The van der Waals surface area contributed by atoms with Crippen LogP contribution in [0.5, 0.6) is 0 Å². The molecule has 186 valence electrons. The van der Waals surface area contributed by atoms with E-state index in [-0.39, 0.29) is 16.5 Å². The van der Waals surface area contributed by atoms with Gasteiger partial charge in [-0.3, -0.25) is 9.59 Å². The second-order valence-electron chi connectivity index (χ2n) is 10.8. The lowest BCUT2D eigenvalue weighted by Gasteiger charge is -2.20. The van der Waals surface area contributed by atoms with Crippen LogP contribution in [0.2, 0.25) is 0 Å². The highest BCUT2D eigenvalue weighted by Gasteiger charge is 2.23. The van der Waals surface area contributed by atoms with Crippen molar-refractivity contribution in [2.24, 2.45) is 5.41 Å². The Bertz CT molecular complexity index is 1470. The van der Waals surface area contributed by atoms with Crippen LogP contribution in [0.1, 0.15) is 62.9 Å². The van der Waals surface area contributed by atoms with E-state index in [1.807, 2.05) is 24.3 Å². The second-order valence-corrected chi connectivity index (χ2v) is 10.8. The second kappa shape index (κ2) is 9.26. The molecule has 0 saturated heterocycles. The van der Waals surface area contributed by atoms with Crippen molar-refractivity contribution in [2.75, 3.05) is 11.1 Å². The van der Waals surface area contributed by atoms with Crippen LogP contribution in [-0.4, -0.2) is 25.0 Å². The number of nitrogens with zero attached hydrogens (tertiary/aromatic N) is 4. The molecule has 4 aromatic rings. The van der Waals surface area contributed by atoms with Crippen LogP contribution in [0.25, 0.3) is 22.2 Å². The van der Waals surface area contributed by atoms with Gasteiger partial charge < -0.3 is 20.2 Å². The summed E-state index contributed by atoms with van der Waals surface area (Å²) < 4.78 is 3.83. The molecule has 1 fully saturated rings. The molecule has 36 heavy (non-hydrogen) atoms. The Morgan fingerprint density at radius 3 is 2.53 bits per heavy atom. The minimum Gasteiger partial charge on any atom is -0.383 e. The largest absolute Gasteiger partial charge is 0.383 e. The smallest absolute Gasteiger partial charge is 0.263 e. The molecule has 1 aliphatic carbocycles. The van der Waals surface area contributed by atoms with Gasteiger partial charge in [0.15, 0.2) is 0 Å². The summed E-state index contributed by atoms with van der Waals surface area (Å²) in [5, 5.41) is 3.71. The number of nitrogens with two attached hydrogens (primary N) is 1. The van der Waals surface area contributed by atoms with E-state index in [4.69, 9.17) is 5.73 Å². The molecule has 3 aromatic heterocycles. The number of carbonyl (C=O) groups is 1. The van der Waals surface area contributed by atoms with E-state index in [1.165, 1.54) is 19.2 Å². The third kappa shape index (κ3) is 4.63. The number of nitrogens with one attached hydrogen (secondary N) is 1. The number of amides is 1. The number of hydrogen-bond donors (Lipinski definition) is 2. The highest BCUT2D eigenvalue weighted by Crippen LogP contribution is 2.38. The minimum absolute atomic E-state index is 0.0793. The van der Waals surface area contributed by atoms with Crippen molar-refractivity contribution in [3.8, 4) is 11.1 Å². The highest BCUT2D eigenvalue weighted by atomic mass is 16.2. The zero-order valence-electron chi connectivity index (χ0n) is 21.0. The summed E-state index contributed by atoms with van der Waals surface area (Å²) >= 11 is 0. The van der Waals surface area contributed by atoms with Gasteiger partial charge >= 0.3 is 0 Å². The number of hydrogen-bond acceptors (Lipinski definition) is 5. The fraction of sp³-hybridized carbons (Fsp3) is 0.357. The summed E-state index contributed by atoms with van der Waals surface area (Å²) in [6.45, 7) is 6.69. The normalized spacial score (nSPS) is 14.4. The van der Waals surface area contributed by atoms with Gasteiger partial charge in [0.25, 0.3) is 11.5 Å². The molecular formula is C28H32N6O2. The average Bonchev–Trinajstić information content (AvgIpc) is 3.49. The SMILES string of the molecule is CC(C)(C)Cn1cccc(C(=O)Nc2ccc(-c3cn(C4CCCC4)c4ncnc(N)c34)cc2)c1=O. The maximum Gasteiger partial charge on any atom is 0.263 e. The number of fused-ring (bicyclic) bond motifs is 1. The number of pyridine rings is 1. The third-order valence-corrected chi connectivity index (χ3v) is 6.72. The predicted octanol–water partition coefficient (Wildman–Crippen LogP) is 5.26. The van der Waals surface area contributed by atoms with E-state index in [0.29, 0.717) is 24.1 Å². The van der Waals surface area contributed by atoms with E-state index in [2.05, 4.69) is 46.8 Å². The molecule has 5 rings (SSSR count). The molecule has 3 heterocycles. The summed E-state index contributed by atoms with van der Waals surface area (Å²) in [4.78, 5) is 34.5. The van der Waals surface area contributed by atoms with Crippen molar-refractivity contribution >= 4 is 28.4 Å². The van der Waals surface area contributed by atoms with Gasteiger partial charge in [-0.05, 0) is 48.1 Å². The van der Waals surface area contributed by atoms with Crippen LogP contribution >= 0.6 is 0 Å². The highest BCUT2D eigenvalue weighted by molar-refractivity contribution is 6.04. The first-order valence-electron chi connectivity index (χ1n) is 12.4. The Kier molecular flexibility index (Phi) is 6.12. The predicted molar refractivity (Wildman–Crippen MR) is 143 cm³/mol. The monoisotopic (exact) mass is 484 g/mol. The first-order valence-corrected chi connectivity index (χ1v) is 12.4. The van der Waals surface area contributed by atoms with Gasteiger partial charge in [-0.2, -0.15) is 0 Å². The number of nitrogen functional groups attached to an aromatic ring is 1. The van der Waals surface area contributed by atoms with Crippen LogP contribution in [0.4, 0.5) is 11.5 Å². The van der Waals surface area contributed by atoms with Crippen molar-refractivity contribution in [1.82, 2.24) is 19.1 Å². The minimum atomic E-state index is -0.425. The summed E-state index contributed by atoms with van der Waals surface area (Å²) in [5.74, 6) is 0.0335. The number of carbonyl (C=O) groups excluding carboxylic acids is 1. The lowest BCUT2D eigenvalue weighted by atomic mass is 9.97. The van der Waals surface area contributed by atoms with E-state index in [9.17, 15) is 9.59 Å². The molecule has 0 atom stereocenters. The van der Waals surface area contributed by atoms with Crippen molar-refractivity contribution in [3.63, 3.8) is 0 Å². The lowest BCUT2D eigenvalue weighted by molar-refractivity contribution is 0.102. The molecule has 1 amide bonds. The van der Waals surface area contributed by atoms with Gasteiger partial charge in [0.2, 0.25) is 0 Å². The third-order valence-electron chi connectivity index (χ3n) is 6.72. The van der Waals surface area contributed by atoms with Gasteiger partial charge in [-0.1, -0.05) is 45.7 Å². The quantitative estimate of drug-likeness (QED) is 0.402. The van der Waals surface area contributed by atoms with Crippen LogP contribution < -0.4 is 16.6 Å². The van der Waals surface area contributed by atoms with Crippen LogP contribution in [0.3, 0.4) is 0 Å². The van der Waals surface area contributed by atoms with Gasteiger partial charge in [-0.15, -0.1) is 0 Å². The summed E-state index contributed by atoms with van der Waals surface area (Å²) in [6, 6.07) is 11.3. The molecule has 8 heteroatoms. The van der Waals surface area contributed by atoms with E-state index in [0.717, 1.165) is 35.0 Å². The van der Waals surface area contributed by atoms with E-state index in [1.54, 1.807) is 22.9 Å². The Balaban J connectivity index is 1.42. The maximum atomic E-state index is 12.9. The molecule has 1 aliphatic rings. The van der Waals surface area contributed by atoms with Crippen LogP contribution in [-0.2, 0) is 6.54 Å².